The van der Waals surface area contributed by atoms with E-state index in [1.807, 2.05) is 13.0 Å². The maximum Gasteiger partial charge on any atom is 0.142 e. The number of halogens is 3. The molecular weight excluding hydrogens is 325 g/mol. The van der Waals surface area contributed by atoms with Gasteiger partial charge in [-0.1, -0.05) is 23.7 Å². The summed E-state index contributed by atoms with van der Waals surface area (Å²) in [6.45, 7) is 2.00. The Hall–Kier alpha value is -0.420. The molecular formula is C12H10BrClFNS. The van der Waals surface area contributed by atoms with Gasteiger partial charge in [-0.25, -0.2) is 4.39 Å². The summed E-state index contributed by atoms with van der Waals surface area (Å²) in [6.07, 6.45) is 0. The van der Waals surface area contributed by atoms with Gasteiger partial charge in [0.05, 0.1) is 11.1 Å². The zero-order valence-corrected chi connectivity index (χ0v) is 12.2. The minimum atomic E-state index is -0.438. The lowest BCUT2D eigenvalue weighted by atomic mass is 10.1. The fraction of sp³-hybridized carbons (Fsp3) is 0.167. The molecule has 0 radical (unpaired) electrons. The number of thiophene rings is 1. The average molecular weight is 335 g/mol. The SMILES string of the molecule is Cc1sc(C(N)c2cccc(F)c2Cl)cc1Br. The molecule has 0 aliphatic heterocycles. The Balaban J connectivity index is 2.43. The fourth-order valence-electron chi connectivity index (χ4n) is 1.55. The molecule has 0 saturated carbocycles. The Labute approximate surface area is 117 Å². The molecule has 17 heavy (non-hydrogen) atoms. The maximum absolute atomic E-state index is 13.3. The van der Waals surface area contributed by atoms with E-state index in [9.17, 15) is 4.39 Å². The third-order valence-corrected chi connectivity index (χ3v) is 5.12. The van der Waals surface area contributed by atoms with E-state index in [2.05, 4.69) is 15.9 Å². The molecule has 2 aromatic rings. The Morgan fingerprint density at radius 2 is 2.18 bits per heavy atom. The standard InChI is InChI=1S/C12H10BrClFNS/c1-6-8(13)5-10(17-6)12(16)7-3-2-4-9(15)11(7)14/h2-5,12H,16H2,1H3. The van der Waals surface area contributed by atoms with Crippen molar-refractivity contribution in [3.05, 3.63) is 54.9 Å². The summed E-state index contributed by atoms with van der Waals surface area (Å²) in [6, 6.07) is 6.25. The van der Waals surface area contributed by atoms with Crippen molar-refractivity contribution in [1.29, 1.82) is 0 Å². The Morgan fingerprint density at radius 1 is 1.47 bits per heavy atom. The minimum Gasteiger partial charge on any atom is -0.320 e. The molecule has 5 heteroatoms. The first kappa shape index (κ1) is 13.0. The predicted molar refractivity (Wildman–Crippen MR) is 74.2 cm³/mol. The Bertz CT molecular complexity index is 536. The summed E-state index contributed by atoms with van der Waals surface area (Å²) in [5.41, 5.74) is 6.72. The predicted octanol–water partition coefficient (Wildman–Crippen LogP) is 4.66. The van der Waals surface area contributed by atoms with Gasteiger partial charge < -0.3 is 5.73 Å². The van der Waals surface area contributed by atoms with Crippen molar-refractivity contribution < 1.29 is 4.39 Å². The quantitative estimate of drug-likeness (QED) is 0.849. The minimum absolute atomic E-state index is 0.0992. The largest absolute Gasteiger partial charge is 0.320 e. The molecule has 0 aliphatic carbocycles. The van der Waals surface area contributed by atoms with Crippen LogP contribution in [0.4, 0.5) is 4.39 Å². The van der Waals surface area contributed by atoms with E-state index >= 15 is 0 Å². The molecule has 0 bridgehead atoms. The van der Waals surface area contributed by atoms with Crippen LogP contribution in [0.2, 0.25) is 5.02 Å². The van der Waals surface area contributed by atoms with Crippen molar-refractivity contribution >= 4 is 38.9 Å². The van der Waals surface area contributed by atoms with Crippen LogP contribution in [0, 0.1) is 12.7 Å². The van der Waals surface area contributed by atoms with Crippen LogP contribution in [0.15, 0.2) is 28.7 Å². The number of hydrogen-bond acceptors (Lipinski definition) is 2. The van der Waals surface area contributed by atoms with Crippen molar-refractivity contribution in [2.45, 2.75) is 13.0 Å². The van der Waals surface area contributed by atoms with Crippen molar-refractivity contribution in [1.82, 2.24) is 0 Å². The van der Waals surface area contributed by atoms with Crippen molar-refractivity contribution in [3.8, 4) is 0 Å². The van der Waals surface area contributed by atoms with Gasteiger partial charge in [-0.05, 0) is 40.5 Å². The Kier molecular flexibility index (Phi) is 3.88. The molecule has 1 atom stereocenters. The lowest BCUT2D eigenvalue weighted by Crippen LogP contribution is -2.11. The van der Waals surface area contributed by atoms with Crippen LogP contribution in [0.3, 0.4) is 0 Å². The molecule has 1 heterocycles. The molecule has 1 nitrogen and oxygen atoms in total. The van der Waals surface area contributed by atoms with Crippen molar-refractivity contribution in [2.24, 2.45) is 5.73 Å². The lowest BCUT2D eigenvalue weighted by molar-refractivity contribution is 0.624. The highest BCUT2D eigenvalue weighted by Crippen LogP contribution is 2.35. The first-order valence-electron chi connectivity index (χ1n) is 4.96. The molecule has 0 aliphatic rings. The highest BCUT2D eigenvalue weighted by Gasteiger charge is 2.17. The van der Waals surface area contributed by atoms with E-state index in [4.69, 9.17) is 17.3 Å². The van der Waals surface area contributed by atoms with Crippen LogP contribution >= 0.6 is 38.9 Å². The Morgan fingerprint density at radius 3 is 2.76 bits per heavy atom. The summed E-state index contributed by atoms with van der Waals surface area (Å²) < 4.78 is 14.4. The topological polar surface area (TPSA) is 26.0 Å². The second-order valence-electron chi connectivity index (χ2n) is 3.67. The summed E-state index contributed by atoms with van der Waals surface area (Å²) in [5, 5.41) is 0.0992. The number of hydrogen-bond donors (Lipinski definition) is 1. The summed E-state index contributed by atoms with van der Waals surface area (Å²) in [5.74, 6) is -0.438. The molecule has 0 fully saturated rings. The van der Waals surface area contributed by atoms with Gasteiger partial charge in [-0.15, -0.1) is 11.3 Å². The van der Waals surface area contributed by atoms with E-state index in [-0.39, 0.29) is 5.02 Å². The van der Waals surface area contributed by atoms with Gasteiger partial charge in [0.2, 0.25) is 0 Å². The molecule has 1 aromatic heterocycles. The fourth-order valence-corrected chi connectivity index (χ4v) is 3.37. The van der Waals surface area contributed by atoms with Gasteiger partial charge in [0.15, 0.2) is 0 Å². The average Bonchev–Trinajstić information content (AvgIpc) is 2.62. The number of benzene rings is 1. The zero-order chi connectivity index (χ0) is 12.6. The monoisotopic (exact) mass is 333 g/mol. The molecule has 2 N–H and O–H groups in total. The molecule has 1 aromatic carbocycles. The van der Waals surface area contributed by atoms with Crippen LogP contribution in [0.5, 0.6) is 0 Å². The normalized spacial score (nSPS) is 12.8. The summed E-state index contributed by atoms with van der Waals surface area (Å²) in [7, 11) is 0. The summed E-state index contributed by atoms with van der Waals surface area (Å²) >= 11 is 10.9. The van der Waals surface area contributed by atoms with Gasteiger partial charge in [0.1, 0.15) is 5.82 Å². The van der Waals surface area contributed by atoms with Gasteiger partial charge in [0, 0.05) is 14.2 Å². The molecule has 1 unspecified atom stereocenters. The van der Waals surface area contributed by atoms with Crippen LogP contribution in [0.1, 0.15) is 21.4 Å². The number of rotatable bonds is 2. The highest BCUT2D eigenvalue weighted by atomic mass is 79.9. The van der Waals surface area contributed by atoms with E-state index in [0.717, 1.165) is 14.2 Å². The van der Waals surface area contributed by atoms with Gasteiger partial charge in [0.25, 0.3) is 0 Å². The van der Waals surface area contributed by atoms with Crippen molar-refractivity contribution in [3.63, 3.8) is 0 Å². The van der Waals surface area contributed by atoms with E-state index in [0.29, 0.717) is 5.56 Å². The molecule has 90 valence electrons. The van der Waals surface area contributed by atoms with Gasteiger partial charge in [-0.2, -0.15) is 0 Å². The first-order chi connectivity index (χ1) is 8.00. The van der Waals surface area contributed by atoms with E-state index < -0.39 is 11.9 Å². The second kappa shape index (κ2) is 5.06. The lowest BCUT2D eigenvalue weighted by Gasteiger charge is -2.12. The third-order valence-electron chi connectivity index (χ3n) is 2.50. The van der Waals surface area contributed by atoms with Gasteiger partial charge >= 0.3 is 0 Å². The van der Waals surface area contributed by atoms with E-state index in [1.54, 1.807) is 23.5 Å². The molecule has 0 saturated heterocycles. The first-order valence-corrected chi connectivity index (χ1v) is 6.94. The van der Waals surface area contributed by atoms with Gasteiger partial charge in [-0.3, -0.25) is 0 Å². The number of nitrogens with two attached hydrogens (primary N) is 1. The smallest absolute Gasteiger partial charge is 0.142 e. The third kappa shape index (κ3) is 2.55. The van der Waals surface area contributed by atoms with E-state index in [1.165, 1.54) is 6.07 Å². The van der Waals surface area contributed by atoms with Crippen LogP contribution in [-0.4, -0.2) is 0 Å². The second-order valence-corrected chi connectivity index (χ2v) is 6.19. The highest BCUT2D eigenvalue weighted by molar-refractivity contribution is 9.10. The molecule has 2 rings (SSSR count). The molecule has 0 spiro atoms. The van der Waals surface area contributed by atoms with Crippen LogP contribution < -0.4 is 5.73 Å². The molecule has 0 amide bonds. The maximum atomic E-state index is 13.3. The summed E-state index contributed by atoms with van der Waals surface area (Å²) in [4.78, 5) is 2.10. The zero-order valence-electron chi connectivity index (χ0n) is 9.01. The van der Waals surface area contributed by atoms with Crippen molar-refractivity contribution in [2.75, 3.05) is 0 Å². The van der Waals surface area contributed by atoms with Crippen LogP contribution in [0.25, 0.3) is 0 Å². The number of aryl methyl sites for hydroxylation is 1. The van der Waals surface area contributed by atoms with Crippen LogP contribution in [-0.2, 0) is 0 Å².